The number of fused-ring (bicyclic) bond motifs is 2. The van der Waals surface area contributed by atoms with Gasteiger partial charge in [0.05, 0.1) is 27.9 Å². The summed E-state index contributed by atoms with van der Waals surface area (Å²) in [7, 11) is -3.67. The first kappa shape index (κ1) is 21.4. The van der Waals surface area contributed by atoms with E-state index in [2.05, 4.69) is 25.0 Å². The van der Waals surface area contributed by atoms with Crippen LogP contribution in [0.3, 0.4) is 0 Å². The molecule has 0 aliphatic rings. The van der Waals surface area contributed by atoms with Gasteiger partial charge in [0.1, 0.15) is 0 Å². The van der Waals surface area contributed by atoms with Crippen LogP contribution in [0.25, 0.3) is 21.8 Å². The Morgan fingerprint density at radius 2 is 2.00 bits per heavy atom. The first-order valence-corrected chi connectivity index (χ1v) is 11.5. The maximum Gasteiger partial charge on any atom is 0.240 e. The molecule has 4 rings (SSSR count). The van der Waals surface area contributed by atoms with Crippen molar-refractivity contribution in [1.82, 2.24) is 25.0 Å². The van der Waals surface area contributed by atoms with E-state index < -0.39 is 15.6 Å². The van der Waals surface area contributed by atoms with Crippen molar-refractivity contribution in [1.29, 1.82) is 0 Å². The molecule has 0 spiro atoms. The molecular formula is C22H25N5O3S. The number of aromatic nitrogens is 3. The summed E-state index contributed by atoms with van der Waals surface area (Å²) in [5.41, 5.74) is 1.29. The number of aliphatic hydroxyl groups is 1. The summed E-state index contributed by atoms with van der Waals surface area (Å²) in [5.74, 6) is 0. The van der Waals surface area contributed by atoms with Crippen LogP contribution in [0, 0.1) is 0 Å². The minimum absolute atomic E-state index is 0.206. The monoisotopic (exact) mass is 439 g/mol. The summed E-state index contributed by atoms with van der Waals surface area (Å²) in [5, 5.41) is 15.7. The Hall–Kier alpha value is -2.85. The molecule has 0 bridgehead atoms. The molecule has 2 atom stereocenters. The van der Waals surface area contributed by atoms with E-state index in [0.29, 0.717) is 6.54 Å². The van der Waals surface area contributed by atoms with Crippen LogP contribution in [0.5, 0.6) is 0 Å². The molecule has 4 N–H and O–H groups in total. The molecule has 2 aromatic carbocycles. The predicted octanol–water partition coefficient (Wildman–Crippen LogP) is 2.28. The van der Waals surface area contributed by atoms with E-state index in [0.717, 1.165) is 27.4 Å². The Bertz CT molecular complexity index is 1320. The van der Waals surface area contributed by atoms with Crippen molar-refractivity contribution >= 4 is 31.8 Å². The minimum Gasteiger partial charge on any atom is -0.384 e. The molecule has 0 radical (unpaired) electrons. The molecule has 0 saturated carbocycles. The summed E-state index contributed by atoms with van der Waals surface area (Å²) in [6.45, 7) is 4.11. The Morgan fingerprint density at radius 3 is 2.84 bits per heavy atom. The van der Waals surface area contributed by atoms with Crippen LogP contribution in [0.4, 0.5) is 0 Å². The van der Waals surface area contributed by atoms with Gasteiger partial charge in [-0.1, -0.05) is 12.1 Å². The molecule has 4 aromatic rings. The lowest BCUT2D eigenvalue weighted by atomic mass is 9.95. The van der Waals surface area contributed by atoms with Gasteiger partial charge >= 0.3 is 0 Å². The van der Waals surface area contributed by atoms with Gasteiger partial charge in [0, 0.05) is 36.9 Å². The second-order valence-corrected chi connectivity index (χ2v) is 9.66. The van der Waals surface area contributed by atoms with Gasteiger partial charge < -0.3 is 15.4 Å². The number of nitrogens with one attached hydrogen (secondary N) is 3. The Labute approximate surface area is 180 Å². The maximum absolute atomic E-state index is 12.8. The van der Waals surface area contributed by atoms with Crippen LogP contribution in [-0.2, 0) is 15.6 Å². The lowest BCUT2D eigenvalue weighted by Gasteiger charge is -2.25. The average Bonchev–Trinajstić information content (AvgIpc) is 3.21. The second kappa shape index (κ2) is 8.35. The van der Waals surface area contributed by atoms with Crippen molar-refractivity contribution in [2.75, 3.05) is 13.1 Å². The largest absolute Gasteiger partial charge is 0.384 e. The molecule has 0 aliphatic carbocycles. The van der Waals surface area contributed by atoms with Crippen LogP contribution in [0.15, 0.2) is 66.1 Å². The second-order valence-electron chi connectivity index (χ2n) is 7.95. The summed E-state index contributed by atoms with van der Waals surface area (Å²) in [6, 6.07) is 11.9. The van der Waals surface area contributed by atoms with E-state index in [4.69, 9.17) is 0 Å². The van der Waals surface area contributed by atoms with Crippen LogP contribution in [0.2, 0.25) is 0 Å². The summed E-state index contributed by atoms with van der Waals surface area (Å²) >= 11 is 0. The molecule has 31 heavy (non-hydrogen) atoms. The molecule has 0 fully saturated rings. The number of aromatic amines is 1. The van der Waals surface area contributed by atoms with E-state index in [1.807, 2.05) is 18.2 Å². The van der Waals surface area contributed by atoms with Crippen LogP contribution in [0.1, 0.15) is 19.4 Å². The molecule has 2 heterocycles. The topological polar surface area (TPSA) is 120 Å². The Kier molecular flexibility index (Phi) is 5.76. The highest BCUT2D eigenvalue weighted by atomic mass is 32.2. The molecule has 0 amide bonds. The zero-order valence-electron chi connectivity index (χ0n) is 17.3. The summed E-state index contributed by atoms with van der Waals surface area (Å²) < 4.78 is 28.2. The third kappa shape index (κ3) is 4.75. The number of sulfonamides is 1. The lowest BCUT2D eigenvalue weighted by Crippen LogP contribution is -2.44. The molecule has 0 aliphatic heterocycles. The van der Waals surface area contributed by atoms with Crippen molar-refractivity contribution in [2.45, 2.75) is 30.4 Å². The smallest absolute Gasteiger partial charge is 0.240 e. The lowest BCUT2D eigenvalue weighted by molar-refractivity contribution is 0.0569. The normalized spacial score (nSPS) is 15.2. The molecule has 1 unspecified atom stereocenters. The number of imidazole rings is 1. The van der Waals surface area contributed by atoms with E-state index in [-0.39, 0.29) is 17.5 Å². The van der Waals surface area contributed by atoms with Crippen molar-refractivity contribution < 1.29 is 13.5 Å². The number of rotatable bonds is 8. The molecule has 2 aromatic heterocycles. The fourth-order valence-electron chi connectivity index (χ4n) is 3.50. The average molecular weight is 440 g/mol. The van der Waals surface area contributed by atoms with Gasteiger partial charge in [-0.2, -0.15) is 0 Å². The Morgan fingerprint density at radius 1 is 1.16 bits per heavy atom. The third-order valence-corrected chi connectivity index (χ3v) is 6.83. The fraction of sp³-hybridized carbons (Fsp3) is 0.273. The van der Waals surface area contributed by atoms with Crippen molar-refractivity contribution in [3.8, 4) is 0 Å². The van der Waals surface area contributed by atoms with Gasteiger partial charge in [0.2, 0.25) is 10.0 Å². The number of hydrogen-bond acceptors (Lipinski definition) is 6. The van der Waals surface area contributed by atoms with Gasteiger partial charge in [0.15, 0.2) is 0 Å². The van der Waals surface area contributed by atoms with Crippen LogP contribution >= 0.6 is 0 Å². The van der Waals surface area contributed by atoms with Crippen molar-refractivity contribution in [2.24, 2.45) is 0 Å². The first-order valence-electron chi connectivity index (χ1n) is 9.97. The highest BCUT2D eigenvalue weighted by Crippen LogP contribution is 2.23. The first-order chi connectivity index (χ1) is 14.7. The van der Waals surface area contributed by atoms with Gasteiger partial charge in [-0.25, -0.2) is 18.1 Å². The number of H-pyrrole nitrogens is 1. The molecule has 162 valence electrons. The van der Waals surface area contributed by atoms with E-state index in [1.54, 1.807) is 56.8 Å². The Balaban J connectivity index is 1.36. The van der Waals surface area contributed by atoms with Crippen molar-refractivity contribution in [3.05, 3.63) is 66.7 Å². The van der Waals surface area contributed by atoms with E-state index in [1.165, 1.54) is 0 Å². The van der Waals surface area contributed by atoms with Crippen LogP contribution < -0.4 is 10.0 Å². The van der Waals surface area contributed by atoms with Gasteiger partial charge in [-0.15, -0.1) is 0 Å². The van der Waals surface area contributed by atoms with Crippen LogP contribution in [-0.4, -0.2) is 47.6 Å². The van der Waals surface area contributed by atoms with Gasteiger partial charge in [-0.3, -0.25) is 4.98 Å². The number of benzene rings is 2. The van der Waals surface area contributed by atoms with Crippen molar-refractivity contribution in [3.63, 3.8) is 0 Å². The zero-order valence-corrected chi connectivity index (χ0v) is 18.1. The summed E-state index contributed by atoms with van der Waals surface area (Å²) in [6.07, 6.45) is 4.94. The van der Waals surface area contributed by atoms with Gasteiger partial charge in [-0.05, 0) is 55.1 Å². The zero-order chi connectivity index (χ0) is 22.1. The SMILES string of the molecule is C[C@H](CNCC(C)(O)c1ccc2[nH]cnc2c1)NS(=O)(=O)c1ccc2cnccc2c1. The number of pyridine rings is 1. The standard InChI is InChI=1S/C22H25N5O3S/c1-15(27-31(29,30)19-5-3-17-12-23-8-7-16(17)9-19)11-24-13-22(2,28)18-4-6-20-21(10-18)26-14-25-20/h3-10,12,14-15,24,27-28H,11,13H2,1-2H3,(H,25,26)/t15-,22?/m1/s1. The highest BCUT2D eigenvalue weighted by Gasteiger charge is 2.24. The third-order valence-electron chi connectivity index (χ3n) is 5.24. The number of nitrogens with zero attached hydrogens (tertiary/aromatic N) is 2. The minimum atomic E-state index is -3.67. The molecular weight excluding hydrogens is 414 g/mol. The predicted molar refractivity (Wildman–Crippen MR) is 120 cm³/mol. The number of hydrogen-bond donors (Lipinski definition) is 4. The molecule has 8 nitrogen and oxygen atoms in total. The van der Waals surface area contributed by atoms with Gasteiger partial charge in [0.25, 0.3) is 0 Å². The highest BCUT2D eigenvalue weighted by molar-refractivity contribution is 7.89. The molecule has 9 heteroatoms. The summed E-state index contributed by atoms with van der Waals surface area (Å²) in [4.78, 5) is 11.5. The fourth-order valence-corrected chi connectivity index (χ4v) is 4.78. The maximum atomic E-state index is 12.8. The quantitative estimate of drug-likeness (QED) is 0.334. The van der Waals surface area contributed by atoms with E-state index >= 15 is 0 Å². The molecule has 0 saturated heterocycles. The van der Waals surface area contributed by atoms with E-state index in [9.17, 15) is 13.5 Å².